The SMILES string of the molecule is C[C@H]1[C@H](O)CC(=O)[C@@H]1CC=CCCCC(=O)O. The van der Waals surface area contributed by atoms with E-state index in [0.717, 1.165) is 6.42 Å². The van der Waals surface area contributed by atoms with Crippen LogP contribution in [0.1, 0.15) is 39.0 Å². The minimum Gasteiger partial charge on any atom is -0.481 e. The Hall–Kier alpha value is -1.16. The third-order valence-electron chi connectivity index (χ3n) is 3.38. The van der Waals surface area contributed by atoms with E-state index < -0.39 is 12.1 Å². The first-order valence-corrected chi connectivity index (χ1v) is 6.10. The number of carboxylic acids is 1. The highest BCUT2D eigenvalue weighted by Crippen LogP contribution is 2.31. The number of aliphatic carboxylic acids is 1. The van der Waals surface area contributed by atoms with E-state index in [2.05, 4.69) is 0 Å². The van der Waals surface area contributed by atoms with Crippen LogP contribution in [0, 0.1) is 11.8 Å². The standard InChI is InChI=1S/C13H20O4/c1-9-10(12(15)8-11(9)14)6-4-2-3-5-7-13(16)17/h2,4,9-11,14H,3,5-8H2,1H3,(H,16,17)/t9-,10-,11-/m1/s1. The highest BCUT2D eigenvalue weighted by atomic mass is 16.4. The van der Waals surface area contributed by atoms with Gasteiger partial charge in [0.1, 0.15) is 5.78 Å². The molecule has 4 heteroatoms. The van der Waals surface area contributed by atoms with Crippen LogP contribution in [0.5, 0.6) is 0 Å². The number of aliphatic hydroxyl groups excluding tert-OH is 1. The van der Waals surface area contributed by atoms with Crippen LogP contribution in [0.15, 0.2) is 12.2 Å². The normalized spacial score (nSPS) is 29.1. The number of hydrogen-bond acceptors (Lipinski definition) is 3. The fraction of sp³-hybridized carbons (Fsp3) is 0.692. The number of carbonyl (C=O) groups is 2. The Morgan fingerprint density at radius 1 is 1.47 bits per heavy atom. The monoisotopic (exact) mass is 240 g/mol. The summed E-state index contributed by atoms with van der Waals surface area (Å²) in [5.74, 6) is -0.673. The Morgan fingerprint density at radius 2 is 2.18 bits per heavy atom. The molecule has 0 unspecified atom stereocenters. The molecular formula is C13H20O4. The number of carbonyl (C=O) groups excluding carboxylic acids is 1. The molecule has 1 aliphatic carbocycles. The minimum atomic E-state index is -0.777. The van der Waals surface area contributed by atoms with Gasteiger partial charge in [-0.05, 0) is 25.2 Å². The van der Waals surface area contributed by atoms with Crippen LogP contribution in [0.2, 0.25) is 0 Å². The van der Waals surface area contributed by atoms with E-state index in [4.69, 9.17) is 5.11 Å². The molecule has 0 aromatic carbocycles. The van der Waals surface area contributed by atoms with Crippen molar-refractivity contribution in [2.24, 2.45) is 11.8 Å². The molecule has 4 nitrogen and oxygen atoms in total. The Balaban J connectivity index is 2.24. The van der Waals surface area contributed by atoms with Gasteiger partial charge < -0.3 is 10.2 Å². The van der Waals surface area contributed by atoms with Gasteiger partial charge in [-0.1, -0.05) is 19.1 Å². The Kier molecular flexibility index (Phi) is 5.35. The zero-order valence-electron chi connectivity index (χ0n) is 10.1. The van der Waals surface area contributed by atoms with Gasteiger partial charge in [0, 0.05) is 18.8 Å². The lowest BCUT2D eigenvalue weighted by Gasteiger charge is -2.13. The van der Waals surface area contributed by atoms with Gasteiger partial charge >= 0.3 is 5.97 Å². The Bertz CT molecular complexity index is 309. The zero-order valence-corrected chi connectivity index (χ0v) is 10.1. The maximum absolute atomic E-state index is 11.5. The first-order valence-electron chi connectivity index (χ1n) is 6.10. The van der Waals surface area contributed by atoms with Crippen molar-refractivity contribution in [1.82, 2.24) is 0 Å². The molecule has 1 fully saturated rings. The van der Waals surface area contributed by atoms with Gasteiger partial charge in [-0.2, -0.15) is 0 Å². The topological polar surface area (TPSA) is 74.6 Å². The second-order valence-electron chi connectivity index (χ2n) is 4.70. The largest absolute Gasteiger partial charge is 0.481 e. The lowest BCUT2D eigenvalue weighted by molar-refractivity contribution is -0.137. The number of unbranched alkanes of at least 4 members (excludes halogenated alkanes) is 1. The number of Topliss-reactive ketones (excluding diaryl/α,β-unsaturated/α-hetero) is 1. The summed E-state index contributed by atoms with van der Waals surface area (Å²) in [6.45, 7) is 1.90. The van der Waals surface area contributed by atoms with E-state index >= 15 is 0 Å². The van der Waals surface area contributed by atoms with Crippen molar-refractivity contribution in [3.8, 4) is 0 Å². The molecule has 96 valence electrons. The molecule has 2 N–H and O–H groups in total. The maximum atomic E-state index is 11.5. The summed E-state index contributed by atoms with van der Waals surface area (Å²) in [5.41, 5.74) is 0. The summed E-state index contributed by atoms with van der Waals surface area (Å²) in [7, 11) is 0. The Labute approximate surface area is 101 Å². The van der Waals surface area contributed by atoms with Gasteiger partial charge in [0.15, 0.2) is 0 Å². The van der Waals surface area contributed by atoms with Crippen molar-refractivity contribution >= 4 is 11.8 Å². The highest BCUT2D eigenvalue weighted by Gasteiger charge is 2.37. The van der Waals surface area contributed by atoms with Crippen LogP contribution in [-0.4, -0.2) is 28.1 Å². The van der Waals surface area contributed by atoms with E-state index in [0.29, 0.717) is 12.8 Å². The lowest BCUT2D eigenvalue weighted by Crippen LogP contribution is -2.16. The van der Waals surface area contributed by atoms with E-state index in [-0.39, 0.29) is 30.5 Å². The van der Waals surface area contributed by atoms with Gasteiger partial charge in [0.25, 0.3) is 0 Å². The molecule has 0 spiro atoms. The molecule has 1 saturated carbocycles. The summed E-state index contributed by atoms with van der Waals surface area (Å²) in [5, 5.41) is 18.0. The van der Waals surface area contributed by atoms with Gasteiger partial charge in [-0.25, -0.2) is 0 Å². The van der Waals surface area contributed by atoms with Crippen LogP contribution in [0.4, 0.5) is 0 Å². The van der Waals surface area contributed by atoms with E-state index in [1.807, 2.05) is 19.1 Å². The lowest BCUT2D eigenvalue weighted by atomic mass is 9.93. The van der Waals surface area contributed by atoms with Crippen molar-refractivity contribution in [2.45, 2.75) is 45.1 Å². The third kappa shape index (κ3) is 4.30. The molecule has 3 atom stereocenters. The molecule has 0 radical (unpaired) electrons. The maximum Gasteiger partial charge on any atom is 0.303 e. The fourth-order valence-electron chi connectivity index (χ4n) is 2.18. The second-order valence-corrected chi connectivity index (χ2v) is 4.70. The molecule has 1 aliphatic rings. The van der Waals surface area contributed by atoms with Crippen molar-refractivity contribution < 1.29 is 19.8 Å². The molecular weight excluding hydrogens is 220 g/mol. The van der Waals surface area contributed by atoms with Crippen molar-refractivity contribution in [1.29, 1.82) is 0 Å². The number of carboxylic acid groups (broad SMARTS) is 1. The average Bonchev–Trinajstić information content (AvgIpc) is 2.48. The summed E-state index contributed by atoms with van der Waals surface area (Å²) >= 11 is 0. The summed E-state index contributed by atoms with van der Waals surface area (Å²) < 4.78 is 0. The second kappa shape index (κ2) is 6.55. The van der Waals surface area contributed by atoms with Gasteiger partial charge in [-0.15, -0.1) is 0 Å². The molecule has 17 heavy (non-hydrogen) atoms. The highest BCUT2D eigenvalue weighted by molar-refractivity contribution is 5.84. The number of rotatable bonds is 6. The van der Waals surface area contributed by atoms with E-state index in [9.17, 15) is 14.7 Å². The summed E-state index contributed by atoms with van der Waals surface area (Å²) in [4.78, 5) is 21.8. The molecule has 1 rings (SSSR count). The first kappa shape index (κ1) is 13.9. The van der Waals surface area contributed by atoms with Crippen LogP contribution in [0.25, 0.3) is 0 Å². The quantitative estimate of drug-likeness (QED) is 0.548. The van der Waals surface area contributed by atoms with Crippen molar-refractivity contribution in [3.05, 3.63) is 12.2 Å². The number of allylic oxidation sites excluding steroid dienone is 2. The van der Waals surface area contributed by atoms with E-state index in [1.54, 1.807) is 0 Å². The predicted octanol–water partition coefficient (Wildman–Crippen LogP) is 1.77. The Morgan fingerprint density at radius 3 is 2.71 bits per heavy atom. The van der Waals surface area contributed by atoms with Gasteiger partial charge in [0.05, 0.1) is 6.10 Å². The van der Waals surface area contributed by atoms with Crippen LogP contribution in [-0.2, 0) is 9.59 Å². The zero-order chi connectivity index (χ0) is 12.8. The number of ketones is 1. The van der Waals surface area contributed by atoms with Crippen molar-refractivity contribution in [3.63, 3.8) is 0 Å². The average molecular weight is 240 g/mol. The van der Waals surface area contributed by atoms with Gasteiger partial charge in [-0.3, -0.25) is 9.59 Å². The van der Waals surface area contributed by atoms with Crippen LogP contribution >= 0.6 is 0 Å². The first-order chi connectivity index (χ1) is 8.02. The number of aliphatic hydroxyl groups is 1. The summed E-state index contributed by atoms with van der Waals surface area (Å²) in [6.07, 6.45) is 5.83. The van der Waals surface area contributed by atoms with Crippen LogP contribution in [0.3, 0.4) is 0 Å². The third-order valence-corrected chi connectivity index (χ3v) is 3.38. The van der Waals surface area contributed by atoms with Crippen molar-refractivity contribution in [2.75, 3.05) is 0 Å². The predicted molar refractivity (Wildman–Crippen MR) is 63.5 cm³/mol. The molecule has 0 aromatic heterocycles. The van der Waals surface area contributed by atoms with Crippen LogP contribution < -0.4 is 0 Å². The molecule has 0 saturated heterocycles. The molecule has 0 aromatic rings. The fourth-order valence-corrected chi connectivity index (χ4v) is 2.18. The minimum absolute atomic E-state index is 0.0335. The molecule has 0 bridgehead atoms. The van der Waals surface area contributed by atoms with E-state index in [1.165, 1.54) is 0 Å². The number of hydrogen-bond donors (Lipinski definition) is 2. The van der Waals surface area contributed by atoms with Gasteiger partial charge in [0.2, 0.25) is 0 Å². The summed E-state index contributed by atoms with van der Waals surface area (Å²) in [6, 6.07) is 0. The molecule has 0 aliphatic heterocycles. The molecule has 0 heterocycles. The molecule has 0 amide bonds. The smallest absolute Gasteiger partial charge is 0.303 e.